The van der Waals surface area contributed by atoms with Crippen LogP contribution < -0.4 is 0 Å². The summed E-state index contributed by atoms with van der Waals surface area (Å²) in [6.07, 6.45) is -1.19. The van der Waals surface area contributed by atoms with Crippen LogP contribution in [0.3, 0.4) is 0 Å². The first-order chi connectivity index (χ1) is 8.50. The van der Waals surface area contributed by atoms with Crippen molar-refractivity contribution in [2.24, 2.45) is 0 Å². The Morgan fingerprint density at radius 2 is 1.72 bits per heavy atom. The van der Waals surface area contributed by atoms with Crippen molar-refractivity contribution >= 4 is 34.8 Å². The van der Waals surface area contributed by atoms with Crippen molar-refractivity contribution in [2.45, 2.75) is 6.10 Å². The number of halogens is 4. The smallest absolute Gasteiger partial charge is 0.130 e. The first kappa shape index (κ1) is 13.6. The molecule has 94 valence electrons. The molecule has 18 heavy (non-hydrogen) atoms. The van der Waals surface area contributed by atoms with Gasteiger partial charge in [-0.25, -0.2) is 4.39 Å². The Labute approximate surface area is 119 Å². The molecule has 1 N–H and O–H groups in total. The molecule has 1 atom stereocenters. The highest BCUT2D eigenvalue weighted by atomic mass is 35.5. The topological polar surface area (TPSA) is 20.2 Å². The molecule has 0 aliphatic heterocycles. The summed E-state index contributed by atoms with van der Waals surface area (Å²) in [6.45, 7) is 0. The summed E-state index contributed by atoms with van der Waals surface area (Å²) in [4.78, 5) is 0. The second-order valence-electron chi connectivity index (χ2n) is 3.71. The second kappa shape index (κ2) is 5.45. The zero-order valence-electron chi connectivity index (χ0n) is 9.00. The molecule has 0 aliphatic rings. The predicted octanol–water partition coefficient (Wildman–Crippen LogP) is 4.87. The lowest BCUT2D eigenvalue weighted by atomic mass is 10.0. The van der Waals surface area contributed by atoms with Crippen LogP contribution in [0.2, 0.25) is 15.1 Å². The van der Waals surface area contributed by atoms with E-state index >= 15 is 0 Å². The van der Waals surface area contributed by atoms with E-state index in [-0.39, 0.29) is 15.6 Å². The fourth-order valence-electron chi connectivity index (χ4n) is 1.62. The average molecular weight is 306 g/mol. The summed E-state index contributed by atoms with van der Waals surface area (Å²) in [5.74, 6) is -0.592. The summed E-state index contributed by atoms with van der Waals surface area (Å²) >= 11 is 17.5. The van der Waals surface area contributed by atoms with Gasteiger partial charge >= 0.3 is 0 Å². The number of benzene rings is 2. The van der Waals surface area contributed by atoms with Gasteiger partial charge in [-0.15, -0.1) is 0 Å². The molecule has 0 aromatic heterocycles. The zero-order valence-corrected chi connectivity index (χ0v) is 11.3. The molecule has 0 bridgehead atoms. The van der Waals surface area contributed by atoms with Crippen LogP contribution in [0.5, 0.6) is 0 Å². The Hall–Kier alpha value is -0.800. The van der Waals surface area contributed by atoms with E-state index in [4.69, 9.17) is 34.8 Å². The lowest BCUT2D eigenvalue weighted by Crippen LogP contribution is -2.03. The molecule has 0 aliphatic carbocycles. The molecule has 0 radical (unpaired) electrons. The van der Waals surface area contributed by atoms with E-state index in [1.165, 1.54) is 12.1 Å². The molecule has 2 rings (SSSR count). The molecule has 0 heterocycles. The van der Waals surface area contributed by atoms with Crippen LogP contribution in [0.25, 0.3) is 0 Å². The molecule has 5 heteroatoms. The molecule has 2 aromatic carbocycles. The number of hydrogen-bond donors (Lipinski definition) is 1. The Morgan fingerprint density at radius 3 is 2.39 bits per heavy atom. The predicted molar refractivity (Wildman–Crippen MR) is 71.9 cm³/mol. The van der Waals surface area contributed by atoms with Crippen LogP contribution >= 0.6 is 34.8 Å². The maximum Gasteiger partial charge on any atom is 0.130 e. The van der Waals surface area contributed by atoms with Crippen LogP contribution in [-0.2, 0) is 0 Å². The minimum atomic E-state index is -1.19. The van der Waals surface area contributed by atoms with E-state index in [1.54, 1.807) is 18.2 Å². The average Bonchev–Trinajstić information content (AvgIpc) is 2.32. The standard InChI is InChI=1S/C13H8Cl3FO/c14-7-4-5-8(11(17)6-7)13(18)9-2-1-3-10(15)12(9)16/h1-6,13,18H. The van der Waals surface area contributed by atoms with Gasteiger partial charge in [0.25, 0.3) is 0 Å². The van der Waals surface area contributed by atoms with E-state index in [9.17, 15) is 9.50 Å². The normalized spacial score (nSPS) is 12.5. The molecule has 1 unspecified atom stereocenters. The molecular weight excluding hydrogens is 297 g/mol. The van der Waals surface area contributed by atoms with Gasteiger partial charge < -0.3 is 5.11 Å². The third kappa shape index (κ3) is 2.62. The summed E-state index contributed by atoms with van der Waals surface area (Å²) < 4.78 is 13.7. The van der Waals surface area contributed by atoms with Crippen LogP contribution in [-0.4, -0.2) is 5.11 Å². The quantitative estimate of drug-likeness (QED) is 0.839. The number of rotatable bonds is 2. The van der Waals surface area contributed by atoms with Crippen molar-refractivity contribution < 1.29 is 9.50 Å². The van der Waals surface area contributed by atoms with E-state index in [2.05, 4.69) is 0 Å². The summed E-state index contributed by atoms with van der Waals surface area (Å²) in [5.41, 5.74) is 0.453. The van der Waals surface area contributed by atoms with Crippen molar-refractivity contribution in [3.05, 3.63) is 68.4 Å². The SMILES string of the molecule is OC(c1ccc(Cl)cc1F)c1cccc(Cl)c1Cl. The van der Waals surface area contributed by atoms with Gasteiger partial charge in [0.1, 0.15) is 11.9 Å². The van der Waals surface area contributed by atoms with E-state index in [1.807, 2.05) is 0 Å². The minimum absolute atomic E-state index is 0.101. The van der Waals surface area contributed by atoms with Gasteiger partial charge in [-0.3, -0.25) is 0 Å². The molecule has 0 fully saturated rings. The van der Waals surface area contributed by atoms with Crippen molar-refractivity contribution in [1.29, 1.82) is 0 Å². The maximum absolute atomic E-state index is 13.7. The number of aliphatic hydroxyl groups is 1. The molecule has 2 aromatic rings. The van der Waals surface area contributed by atoms with E-state index in [0.717, 1.165) is 6.07 Å². The van der Waals surface area contributed by atoms with Crippen LogP contribution in [0, 0.1) is 5.82 Å². The Kier molecular flexibility index (Phi) is 4.13. The van der Waals surface area contributed by atoms with Gasteiger partial charge in [0.15, 0.2) is 0 Å². The largest absolute Gasteiger partial charge is 0.383 e. The highest BCUT2D eigenvalue weighted by molar-refractivity contribution is 6.42. The number of hydrogen-bond acceptors (Lipinski definition) is 1. The lowest BCUT2D eigenvalue weighted by Gasteiger charge is -2.14. The summed E-state index contributed by atoms with van der Waals surface area (Å²) in [7, 11) is 0. The molecule has 0 saturated carbocycles. The summed E-state index contributed by atoms with van der Waals surface area (Å²) in [5, 5.41) is 10.9. The fourth-order valence-corrected chi connectivity index (χ4v) is 2.19. The highest BCUT2D eigenvalue weighted by Gasteiger charge is 2.18. The first-order valence-electron chi connectivity index (χ1n) is 5.07. The third-order valence-corrected chi connectivity index (χ3v) is 3.60. The van der Waals surface area contributed by atoms with Crippen molar-refractivity contribution in [3.63, 3.8) is 0 Å². The first-order valence-corrected chi connectivity index (χ1v) is 6.21. The van der Waals surface area contributed by atoms with Crippen LogP contribution in [0.1, 0.15) is 17.2 Å². The van der Waals surface area contributed by atoms with Crippen LogP contribution in [0.15, 0.2) is 36.4 Å². The monoisotopic (exact) mass is 304 g/mol. The van der Waals surface area contributed by atoms with Gasteiger partial charge in [0.2, 0.25) is 0 Å². The van der Waals surface area contributed by atoms with Gasteiger partial charge in [-0.2, -0.15) is 0 Å². The Balaban J connectivity index is 2.48. The molecule has 0 saturated heterocycles. The van der Waals surface area contributed by atoms with Crippen molar-refractivity contribution in [2.75, 3.05) is 0 Å². The highest BCUT2D eigenvalue weighted by Crippen LogP contribution is 2.34. The molecule has 0 amide bonds. The van der Waals surface area contributed by atoms with Gasteiger partial charge in [-0.05, 0) is 18.2 Å². The second-order valence-corrected chi connectivity index (χ2v) is 4.93. The zero-order chi connectivity index (χ0) is 13.3. The van der Waals surface area contributed by atoms with Gasteiger partial charge in [0, 0.05) is 16.1 Å². The van der Waals surface area contributed by atoms with Crippen LogP contribution in [0.4, 0.5) is 4.39 Å². The Bertz CT molecular complexity index is 586. The van der Waals surface area contributed by atoms with Crippen molar-refractivity contribution in [1.82, 2.24) is 0 Å². The summed E-state index contributed by atoms with van der Waals surface area (Å²) in [6, 6.07) is 8.88. The van der Waals surface area contributed by atoms with E-state index in [0.29, 0.717) is 10.6 Å². The molecule has 0 spiro atoms. The molecular formula is C13H8Cl3FO. The minimum Gasteiger partial charge on any atom is -0.383 e. The number of aliphatic hydroxyl groups excluding tert-OH is 1. The Morgan fingerprint density at radius 1 is 1.00 bits per heavy atom. The van der Waals surface area contributed by atoms with Crippen molar-refractivity contribution in [3.8, 4) is 0 Å². The molecule has 1 nitrogen and oxygen atoms in total. The van der Waals surface area contributed by atoms with E-state index < -0.39 is 11.9 Å². The maximum atomic E-state index is 13.7. The lowest BCUT2D eigenvalue weighted by molar-refractivity contribution is 0.215. The van der Waals surface area contributed by atoms with Gasteiger partial charge in [0.05, 0.1) is 10.0 Å². The third-order valence-electron chi connectivity index (χ3n) is 2.53. The fraction of sp³-hybridized carbons (Fsp3) is 0.0769. The van der Waals surface area contributed by atoms with Gasteiger partial charge in [-0.1, -0.05) is 53.0 Å².